The fraction of sp³-hybridized carbons (Fsp3) is 0.211. The molecule has 0 saturated heterocycles. The molecule has 1 aromatic carbocycles. The summed E-state index contributed by atoms with van der Waals surface area (Å²) in [5.74, 6) is 1.72. The standard InChI is InChI=1S/C19H19FN4O3/c1-25-16-4-12(5-17(26-2)18(16)27-3)7-22-19-23-9-14(10-24-19)13-6-15(20)11-21-8-13/h4-6,8-11H,7H2,1-3H3,(H,22,23,24). The van der Waals surface area contributed by atoms with Crippen LogP contribution in [0.15, 0.2) is 43.0 Å². The van der Waals surface area contributed by atoms with Crippen LogP contribution in [-0.2, 0) is 6.54 Å². The van der Waals surface area contributed by atoms with E-state index < -0.39 is 5.82 Å². The Morgan fingerprint density at radius 1 is 0.852 bits per heavy atom. The molecule has 0 saturated carbocycles. The predicted molar refractivity (Wildman–Crippen MR) is 98.6 cm³/mol. The van der Waals surface area contributed by atoms with E-state index in [0.717, 1.165) is 11.8 Å². The van der Waals surface area contributed by atoms with Gasteiger partial charge in [0.05, 0.1) is 27.5 Å². The second-order valence-electron chi connectivity index (χ2n) is 5.57. The summed E-state index contributed by atoms with van der Waals surface area (Å²) >= 11 is 0. The number of hydrogen-bond acceptors (Lipinski definition) is 7. The molecule has 0 fully saturated rings. The molecule has 2 heterocycles. The van der Waals surface area contributed by atoms with Crippen LogP contribution in [0.4, 0.5) is 10.3 Å². The molecule has 140 valence electrons. The summed E-state index contributed by atoms with van der Waals surface area (Å²) in [6.07, 6.45) is 5.93. The van der Waals surface area contributed by atoms with Crippen molar-refractivity contribution < 1.29 is 18.6 Å². The zero-order valence-electron chi connectivity index (χ0n) is 15.2. The first-order chi connectivity index (χ1) is 13.1. The number of methoxy groups -OCH3 is 3. The molecular formula is C19H19FN4O3. The smallest absolute Gasteiger partial charge is 0.222 e. The molecule has 2 aromatic heterocycles. The molecule has 0 atom stereocenters. The van der Waals surface area contributed by atoms with Crippen LogP contribution in [0.2, 0.25) is 0 Å². The van der Waals surface area contributed by atoms with Gasteiger partial charge in [-0.25, -0.2) is 14.4 Å². The van der Waals surface area contributed by atoms with Crippen molar-refractivity contribution in [1.82, 2.24) is 15.0 Å². The highest BCUT2D eigenvalue weighted by atomic mass is 19.1. The molecule has 8 heteroatoms. The fourth-order valence-electron chi connectivity index (χ4n) is 2.56. The number of nitrogens with one attached hydrogen (secondary N) is 1. The van der Waals surface area contributed by atoms with Crippen molar-refractivity contribution in [3.8, 4) is 28.4 Å². The van der Waals surface area contributed by atoms with Gasteiger partial charge in [0, 0.05) is 36.3 Å². The van der Waals surface area contributed by atoms with Gasteiger partial charge in [-0.3, -0.25) is 4.98 Å². The van der Waals surface area contributed by atoms with Gasteiger partial charge in [-0.2, -0.15) is 0 Å². The van der Waals surface area contributed by atoms with Crippen molar-refractivity contribution in [3.63, 3.8) is 0 Å². The van der Waals surface area contributed by atoms with Crippen LogP contribution in [0.25, 0.3) is 11.1 Å². The van der Waals surface area contributed by atoms with Gasteiger partial charge in [0.2, 0.25) is 11.7 Å². The molecule has 27 heavy (non-hydrogen) atoms. The molecule has 3 aromatic rings. The van der Waals surface area contributed by atoms with Gasteiger partial charge >= 0.3 is 0 Å². The first kappa shape index (κ1) is 18.4. The van der Waals surface area contributed by atoms with Gasteiger partial charge in [0.15, 0.2) is 11.5 Å². The van der Waals surface area contributed by atoms with E-state index in [1.807, 2.05) is 12.1 Å². The average Bonchev–Trinajstić information content (AvgIpc) is 2.71. The minimum Gasteiger partial charge on any atom is -0.493 e. The molecule has 0 aliphatic carbocycles. The van der Waals surface area contributed by atoms with Gasteiger partial charge in [-0.15, -0.1) is 0 Å². The summed E-state index contributed by atoms with van der Waals surface area (Å²) in [5.41, 5.74) is 2.21. The molecule has 0 aliphatic rings. The average molecular weight is 370 g/mol. The van der Waals surface area contributed by atoms with Crippen LogP contribution in [0.3, 0.4) is 0 Å². The Balaban J connectivity index is 1.73. The number of benzene rings is 1. The Labute approximate surface area is 156 Å². The highest BCUT2D eigenvalue weighted by Gasteiger charge is 2.13. The van der Waals surface area contributed by atoms with Crippen LogP contribution < -0.4 is 19.5 Å². The van der Waals surface area contributed by atoms with Crippen LogP contribution >= 0.6 is 0 Å². The van der Waals surface area contributed by atoms with Gasteiger partial charge in [0.25, 0.3) is 0 Å². The van der Waals surface area contributed by atoms with E-state index in [1.165, 1.54) is 6.07 Å². The van der Waals surface area contributed by atoms with E-state index >= 15 is 0 Å². The number of hydrogen-bond donors (Lipinski definition) is 1. The molecule has 0 bridgehead atoms. The van der Waals surface area contributed by atoms with Crippen molar-refractivity contribution >= 4 is 5.95 Å². The molecule has 3 rings (SSSR count). The second-order valence-corrected chi connectivity index (χ2v) is 5.57. The van der Waals surface area contributed by atoms with Crippen molar-refractivity contribution in [1.29, 1.82) is 0 Å². The summed E-state index contributed by atoms with van der Waals surface area (Å²) in [5, 5.41) is 3.13. The Bertz CT molecular complexity index is 894. The number of ether oxygens (including phenoxy) is 3. The van der Waals surface area contributed by atoms with Gasteiger partial charge in [0.1, 0.15) is 5.82 Å². The van der Waals surface area contributed by atoms with Gasteiger partial charge < -0.3 is 19.5 Å². The highest BCUT2D eigenvalue weighted by Crippen LogP contribution is 2.38. The Morgan fingerprint density at radius 3 is 2.07 bits per heavy atom. The van der Waals surface area contributed by atoms with E-state index in [0.29, 0.717) is 40.9 Å². The van der Waals surface area contributed by atoms with E-state index in [-0.39, 0.29) is 0 Å². The highest BCUT2D eigenvalue weighted by molar-refractivity contribution is 5.60. The molecule has 0 aliphatic heterocycles. The molecule has 0 radical (unpaired) electrons. The summed E-state index contributed by atoms with van der Waals surface area (Å²) < 4.78 is 29.3. The Kier molecular flexibility index (Phi) is 5.65. The third-order valence-electron chi connectivity index (χ3n) is 3.87. The third-order valence-corrected chi connectivity index (χ3v) is 3.87. The molecule has 0 unspecified atom stereocenters. The number of anilines is 1. The number of halogens is 1. The number of rotatable bonds is 7. The van der Waals surface area contributed by atoms with Crippen LogP contribution in [0, 0.1) is 5.82 Å². The first-order valence-corrected chi connectivity index (χ1v) is 8.10. The second kappa shape index (κ2) is 8.31. The normalized spacial score (nSPS) is 10.4. The van der Waals surface area contributed by atoms with Crippen molar-refractivity contribution in [2.45, 2.75) is 6.54 Å². The summed E-state index contributed by atoms with van der Waals surface area (Å²) in [6.45, 7) is 0.456. The topological polar surface area (TPSA) is 78.4 Å². The largest absolute Gasteiger partial charge is 0.493 e. The summed E-state index contributed by atoms with van der Waals surface area (Å²) in [4.78, 5) is 12.3. The van der Waals surface area contributed by atoms with E-state index in [2.05, 4.69) is 20.3 Å². The number of aromatic nitrogens is 3. The zero-order chi connectivity index (χ0) is 19.2. The quantitative estimate of drug-likeness (QED) is 0.683. The molecule has 0 amide bonds. The van der Waals surface area contributed by atoms with E-state index in [4.69, 9.17) is 14.2 Å². The minimum atomic E-state index is -0.405. The lowest BCUT2D eigenvalue weighted by atomic mass is 10.1. The summed E-state index contributed by atoms with van der Waals surface area (Å²) in [7, 11) is 4.69. The number of pyridine rings is 1. The maximum Gasteiger partial charge on any atom is 0.222 e. The van der Waals surface area contributed by atoms with Gasteiger partial charge in [-0.1, -0.05) is 0 Å². The fourth-order valence-corrected chi connectivity index (χ4v) is 2.56. The maximum atomic E-state index is 13.3. The molecular weight excluding hydrogens is 351 g/mol. The maximum absolute atomic E-state index is 13.3. The lowest BCUT2D eigenvalue weighted by Crippen LogP contribution is -2.05. The molecule has 1 N–H and O–H groups in total. The van der Waals surface area contributed by atoms with Crippen LogP contribution in [-0.4, -0.2) is 36.3 Å². The van der Waals surface area contributed by atoms with Crippen LogP contribution in [0.5, 0.6) is 17.2 Å². The van der Waals surface area contributed by atoms with E-state index in [9.17, 15) is 4.39 Å². The lowest BCUT2D eigenvalue weighted by molar-refractivity contribution is 0.324. The zero-order valence-corrected chi connectivity index (χ0v) is 15.2. The Hall–Kier alpha value is -3.42. The first-order valence-electron chi connectivity index (χ1n) is 8.10. The summed E-state index contributed by atoms with van der Waals surface area (Å²) in [6, 6.07) is 5.08. The predicted octanol–water partition coefficient (Wildman–Crippen LogP) is 3.32. The van der Waals surface area contributed by atoms with Crippen molar-refractivity contribution in [3.05, 3.63) is 54.4 Å². The third kappa shape index (κ3) is 4.22. The van der Waals surface area contributed by atoms with Crippen LogP contribution in [0.1, 0.15) is 5.56 Å². The Morgan fingerprint density at radius 2 is 1.52 bits per heavy atom. The monoisotopic (exact) mass is 370 g/mol. The van der Waals surface area contributed by atoms with E-state index in [1.54, 1.807) is 39.9 Å². The lowest BCUT2D eigenvalue weighted by Gasteiger charge is -2.14. The van der Waals surface area contributed by atoms with Crippen molar-refractivity contribution in [2.75, 3.05) is 26.6 Å². The van der Waals surface area contributed by atoms with Gasteiger partial charge in [-0.05, 0) is 23.8 Å². The molecule has 7 nitrogen and oxygen atoms in total. The SMILES string of the molecule is COc1cc(CNc2ncc(-c3cncc(F)c3)cn2)cc(OC)c1OC. The minimum absolute atomic E-state index is 0.405. The number of nitrogens with zero attached hydrogens (tertiary/aromatic N) is 3. The molecule has 0 spiro atoms. The van der Waals surface area contributed by atoms with Crippen molar-refractivity contribution in [2.24, 2.45) is 0 Å².